The fraction of sp³-hybridized carbons (Fsp3) is 0.0833. The van der Waals surface area contributed by atoms with Crippen LogP contribution in [0.5, 0.6) is 0 Å². The Morgan fingerprint density at radius 3 is 2.63 bits per heavy atom. The van der Waals surface area contributed by atoms with E-state index in [1.807, 2.05) is 66.7 Å². The van der Waals surface area contributed by atoms with E-state index in [0.29, 0.717) is 24.5 Å². The van der Waals surface area contributed by atoms with Crippen molar-refractivity contribution < 1.29 is 9.21 Å². The van der Waals surface area contributed by atoms with Crippen LogP contribution in [0.15, 0.2) is 104 Å². The van der Waals surface area contributed by atoms with E-state index in [4.69, 9.17) is 4.42 Å². The van der Waals surface area contributed by atoms with E-state index >= 15 is 0 Å². The van der Waals surface area contributed by atoms with E-state index in [9.17, 15) is 4.79 Å². The van der Waals surface area contributed by atoms with Gasteiger partial charge in [0.05, 0.1) is 11.9 Å². The number of hydrogen-bond donors (Lipinski definition) is 1. The zero-order valence-electron chi connectivity index (χ0n) is 16.0. The molecule has 30 heavy (non-hydrogen) atoms. The standard InChI is InChI=1S/C24H19BrN2O2S/c25-18-8-6-7-17(15-18)21-16-26-24(29-21)14-13-23(28)27-20-11-4-5-12-22(20)30-19-9-2-1-3-10-19/h1-12,15-16H,13-14H2,(H,27,28). The number of benzene rings is 3. The van der Waals surface area contributed by atoms with Crippen LogP contribution in [-0.4, -0.2) is 10.9 Å². The first-order chi connectivity index (χ1) is 14.7. The molecule has 1 aromatic heterocycles. The maximum atomic E-state index is 12.5. The Balaban J connectivity index is 1.37. The molecule has 6 heteroatoms. The highest BCUT2D eigenvalue weighted by Crippen LogP contribution is 2.33. The number of nitrogens with zero attached hydrogens (tertiary/aromatic N) is 1. The van der Waals surface area contributed by atoms with Crippen LogP contribution < -0.4 is 5.32 Å². The fourth-order valence-electron chi connectivity index (χ4n) is 2.91. The van der Waals surface area contributed by atoms with E-state index in [1.54, 1.807) is 18.0 Å². The minimum absolute atomic E-state index is 0.0710. The van der Waals surface area contributed by atoms with Gasteiger partial charge in [-0.25, -0.2) is 4.98 Å². The molecule has 0 aliphatic heterocycles. The number of anilines is 1. The number of hydrogen-bond acceptors (Lipinski definition) is 4. The largest absolute Gasteiger partial charge is 0.441 e. The molecule has 1 heterocycles. The van der Waals surface area contributed by atoms with Crippen molar-refractivity contribution in [2.75, 3.05) is 5.32 Å². The number of nitrogens with one attached hydrogen (secondary N) is 1. The van der Waals surface area contributed by atoms with Crippen LogP contribution in [0.25, 0.3) is 11.3 Å². The quantitative estimate of drug-likeness (QED) is 0.316. The first-order valence-electron chi connectivity index (χ1n) is 9.50. The lowest BCUT2D eigenvalue weighted by Crippen LogP contribution is -2.13. The lowest BCUT2D eigenvalue weighted by Gasteiger charge is -2.10. The number of halogens is 1. The minimum Gasteiger partial charge on any atom is -0.441 e. The molecule has 4 aromatic rings. The topological polar surface area (TPSA) is 55.1 Å². The van der Waals surface area contributed by atoms with Crippen molar-refractivity contribution in [2.45, 2.75) is 22.6 Å². The Hall–Kier alpha value is -2.83. The van der Waals surface area contributed by atoms with Crippen LogP contribution in [0.1, 0.15) is 12.3 Å². The van der Waals surface area contributed by atoms with E-state index < -0.39 is 0 Å². The third-order valence-corrected chi connectivity index (χ3v) is 5.94. The van der Waals surface area contributed by atoms with Gasteiger partial charge in [0, 0.05) is 32.7 Å². The first kappa shape index (κ1) is 20.4. The van der Waals surface area contributed by atoms with Crippen LogP contribution in [0.2, 0.25) is 0 Å². The highest BCUT2D eigenvalue weighted by Gasteiger charge is 2.11. The van der Waals surface area contributed by atoms with Crippen LogP contribution in [-0.2, 0) is 11.2 Å². The summed E-state index contributed by atoms with van der Waals surface area (Å²) in [7, 11) is 0. The lowest BCUT2D eigenvalue weighted by atomic mass is 10.2. The van der Waals surface area contributed by atoms with Crippen molar-refractivity contribution in [3.8, 4) is 11.3 Å². The molecular formula is C24H19BrN2O2S. The molecule has 0 saturated carbocycles. The van der Waals surface area contributed by atoms with Crippen molar-refractivity contribution in [3.63, 3.8) is 0 Å². The number of para-hydroxylation sites is 1. The van der Waals surface area contributed by atoms with Crippen LogP contribution in [0.3, 0.4) is 0 Å². The summed E-state index contributed by atoms with van der Waals surface area (Å²) >= 11 is 5.08. The number of oxazole rings is 1. The van der Waals surface area contributed by atoms with E-state index in [0.717, 1.165) is 25.5 Å². The number of amides is 1. The smallest absolute Gasteiger partial charge is 0.224 e. The van der Waals surface area contributed by atoms with Gasteiger partial charge in [0.2, 0.25) is 5.91 Å². The van der Waals surface area contributed by atoms with Gasteiger partial charge in [-0.15, -0.1) is 0 Å². The highest BCUT2D eigenvalue weighted by atomic mass is 79.9. The van der Waals surface area contributed by atoms with E-state index in [2.05, 4.69) is 38.4 Å². The summed E-state index contributed by atoms with van der Waals surface area (Å²) in [5.41, 5.74) is 1.75. The maximum Gasteiger partial charge on any atom is 0.224 e. The second-order valence-corrected chi connectivity index (χ2v) is 8.62. The zero-order chi connectivity index (χ0) is 20.8. The summed E-state index contributed by atoms with van der Waals surface area (Å²) in [6, 6.07) is 25.7. The molecule has 3 aromatic carbocycles. The molecule has 0 fully saturated rings. The molecule has 0 spiro atoms. The van der Waals surface area contributed by atoms with Crippen LogP contribution >= 0.6 is 27.7 Å². The third kappa shape index (κ3) is 5.40. The first-order valence-corrected chi connectivity index (χ1v) is 11.1. The number of rotatable bonds is 7. The molecule has 0 aliphatic carbocycles. The average molecular weight is 479 g/mol. The number of carbonyl (C=O) groups is 1. The van der Waals surface area contributed by atoms with Gasteiger partial charge in [-0.2, -0.15) is 0 Å². The Labute approximate surface area is 187 Å². The fourth-order valence-corrected chi connectivity index (χ4v) is 4.23. The van der Waals surface area contributed by atoms with Gasteiger partial charge in [-0.3, -0.25) is 4.79 Å². The molecular weight excluding hydrogens is 460 g/mol. The van der Waals surface area contributed by atoms with Crippen molar-refractivity contribution in [3.05, 3.63) is 95.4 Å². The minimum atomic E-state index is -0.0710. The SMILES string of the molecule is O=C(CCc1ncc(-c2cccc(Br)c2)o1)Nc1ccccc1Sc1ccccc1. The molecule has 0 unspecified atom stereocenters. The predicted octanol–water partition coefficient (Wildman–Crippen LogP) is 6.83. The third-order valence-electron chi connectivity index (χ3n) is 4.36. The van der Waals surface area contributed by atoms with Crippen molar-refractivity contribution in [1.29, 1.82) is 0 Å². The van der Waals surface area contributed by atoms with Crippen LogP contribution in [0.4, 0.5) is 5.69 Å². The molecule has 4 nitrogen and oxygen atoms in total. The second kappa shape index (κ2) is 9.78. The molecule has 0 radical (unpaired) electrons. The molecule has 0 saturated heterocycles. The molecule has 0 atom stereocenters. The lowest BCUT2D eigenvalue weighted by molar-refractivity contribution is -0.116. The average Bonchev–Trinajstić information content (AvgIpc) is 3.24. The van der Waals surface area contributed by atoms with Crippen molar-refractivity contribution in [2.24, 2.45) is 0 Å². The van der Waals surface area contributed by atoms with Gasteiger partial charge in [0.15, 0.2) is 11.7 Å². The summed E-state index contributed by atoms with van der Waals surface area (Å²) in [6.45, 7) is 0. The molecule has 1 N–H and O–H groups in total. The highest BCUT2D eigenvalue weighted by molar-refractivity contribution is 9.10. The molecule has 4 rings (SSSR count). The number of aryl methyl sites for hydroxylation is 1. The Morgan fingerprint density at radius 1 is 1.00 bits per heavy atom. The van der Waals surface area contributed by atoms with Gasteiger partial charge >= 0.3 is 0 Å². The van der Waals surface area contributed by atoms with E-state index in [1.165, 1.54) is 0 Å². The van der Waals surface area contributed by atoms with Crippen molar-refractivity contribution in [1.82, 2.24) is 4.98 Å². The number of aromatic nitrogens is 1. The second-order valence-electron chi connectivity index (χ2n) is 6.59. The van der Waals surface area contributed by atoms with Crippen LogP contribution in [0, 0.1) is 0 Å². The van der Waals surface area contributed by atoms with Gasteiger partial charge in [0.25, 0.3) is 0 Å². The van der Waals surface area contributed by atoms with Gasteiger partial charge < -0.3 is 9.73 Å². The normalized spacial score (nSPS) is 10.7. The summed E-state index contributed by atoms with van der Waals surface area (Å²) in [5, 5.41) is 3.01. The molecule has 1 amide bonds. The van der Waals surface area contributed by atoms with Gasteiger partial charge in [-0.1, -0.05) is 70.2 Å². The predicted molar refractivity (Wildman–Crippen MR) is 124 cm³/mol. The Kier molecular flexibility index (Phi) is 6.67. The summed E-state index contributed by atoms with van der Waals surface area (Å²) < 4.78 is 6.79. The summed E-state index contributed by atoms with van der Waals surface area (Å²) in [5.74, 6) is 1.17. The van der Waals surface area contributed by atoms with E-state index in [-0.39, 0.29) is 5.91 Å². The Bertz CT molecular complexity index is 1140. The molecule has 0 aliphatic rings. The molecule has 150 valence electrons. The molecule has 0 bridgehead atoms. The van der Waals surface area contributed by atoms with Gasteiger partial charge in [-0.05, 0) is 36.4 Å². The summed E-state index contributed by atoms with van der Waals surface area (Å²) in [6.07, 6.45) is 2.43. The maximum absolute atomic E-state index is 12.5. The zero-order valence-corrected chi connectivity index (χ0v) is 18.4. The van der Waals surface area contributed by atoms with Gasteiger partial charge in [0.1, 0.15) is 0 Å². The number of carbonyl (C=O) groups excluding carboxylic acids is 1. The Morgan fingerprint density at radius 2 is 1.80 bits per heavy atom. The monoisotopic (exact) mass is 478 g/mol. The van der Waals surface area contributed by atoms with Crippen molar-refractivity contribution >= 4 is 39.3 Å². The summed E-state index contributed by atoms with van der Waals surface area (Å²) in [4.78, 5) is 19.0.